The van der Waals surface area contributed by atoms with Crippen molar-refractivity contribution < 1.29 is 0 Å². The van der Waals surface area contributed by atoms with E-state index in [0.717, 1.165) is 19.0 Å². The lowest BCUT2D eigenvalue weighted by molar-refractivity contribution is 0.0882. The number of nitrogens with zero attached hydrogens (tertiary/aromatic N) is 1. The summed E-state index contributed by atoms with van der Waals surface area (Å²) in [7, 11) is 0. The molecule has 2 unspecified atom stereocenters. The summed E-state index contributed by atoms with van der Waals surface area (Å²) < 4.78 is 0. The molecule has 0 radical (unpaired) electrons. The third-order valence-corrected chi connectivity index (χ3v) is 5.56. The highest BCUT2D eigenvalue weighted by atomic mass is 15.2. The topological polar surface area (TPSA) is 3.24 Å². The summed E-state index contributed by atoms with van der Waals surface area (Å²) in [5.41, 5.74) is 4.37. The maximum Gasteiger partial charge on any atom is 0.0287 e. The molecule has 4 rings (SSSR count). The Morgan fingerprint density at radius 1 is 0.920 bits per heavy atom. The molecule has 0 aliphatic carbocycles. The molecule has 1 heteroatoms. The first-order valence-electron chi connectivity index (χ1n) is 9.59. The maximum absolute atomic E-state index is 2.74. The van der Waals surface area contributed by atoms with E-state index in [2.05, 4.69) is 83.8 Å². The Morgan fingerprint density at radius 2 is 1.68 bits per heavy atom. The van der Waals surface area contributed by atoms with Gasteiger partial charge in [-0.15, -0.1) is 0 Å². The molecule has 0 saturated carbocycles. The van der Waals surface area contributed by atoms with Gasteiger partial charge in [-0.1, -0.05) is 90.9 Å². The van der Waals surface area contributed by atoms with E-state index in [4.69, 9.17) is 0 Å². The molecule has 2 aliphatic rings. The first-order valence-corrected chi connectivity index (χ1v) is 9.59. The van der Waals surface area contributed by atoms with Gasteiger partial charge in [0.1, 0.15) is 0 Å². The smallest absolute Gasteiger partial charge is 0.0287 e. The quantitative estimate of drug-likeness (QED) is 0.623. The van der Waals surface area contributed by atoms with E-state index in [1.54, 1.807) is 5.57 Å². The summed E-state index contributed by atoms with van der Waals surface area (Å²) >= 11 is 0. The maximum atomic E-state index is 2.74. The highest BCUT2D eigenvalue weighted by Crippen LogP contribution is 2.35. The molecule has 1 saturated heterocycles. The van der Waals surface area contributed by atoms with Crippen molar-refractivity contribution in [3.05, 3.63) is 89.5 Å². The molecule has 2 aromatic carbocycles. The zero-order valence-corrected chi connectivity index (χ0v) is 14.9. The Hall–Kier alpha value is -2.12. The highest BCUT2D eigenvalue weighted by molar-refractivity contribution is 5.49. The number of rotatable bonds is 5. The highest BCUT2D eigenvalue weighted by Gasteiger charge is 2.33. The van der Waals surface area contributed by atoms with Gasteiger partial charge in [-0.2, -0.15) is 0 Å². The Morgan fingerprint density at radius 3 is 2.44 bits per heavy atom. The van der Waals surface area contributed by atoms with E-state index in [-0.39, 0.29) is 0 Å². The molecule has 2 atom stereocenters. The molecule has 0 amide bonds. The van der Waals surface area contributed by atoms with Gasteiger partial charge >= 0.3 is 0 Å². The van der Waals surface area contributed by atoms with E-state index in [0.29, 0.717) is 6.04 Å². The SMILES string of the molecule is C1=C(C/C=C/c2ccccc2)CC2CCCC1N2Cc1ccccc1. The third-order valence-electron chi connectivity index (χ3n) is 5.56. The zero-order valence-electron chi connectivity index (χ0n) is 14.9. The van der Waals surface area contributed by atoms with Crippen LogP contribution in [0.15, 0.2) is 78.4 Å². The number of fused-ring (bicyclic) bond motifs is 2. The van der Waals surface area contributed by atoms with E-state index in [1.807, 2.05) is 0 Å². The van der Waals surface area contributed by atoms with Crippen molar-refractivity contribution in [1.82, 2.24) is 4.90 Å². The molecule has 2 heterocycles. The molecule has 0 spiro atoms. The van der Waals surface area contributed by atoms with Gasteiger partial charge in [-0.25, -0.2) is 0 Å². The van der Waals surface area contributed by atoms with Crippen LogP contribution >= 0.6 is 0 Å². The molecule has 1 fully saturated rings. The summed E-state index contributed by atoms with van der Waals surface area (Å²) in [5.74, 6) is 0. The minimum absolute atomic E-state index is 0.632. The second-order valence-electron chi connectivity index (χ2n) is 7.36. The molecule has 2 aliphatic heterocycles. The van der Waals surface area contributed by atoms with Gasteiger partial charge in [0.2, 0.25) is 0 Å². The number of benzene rings is 2. The van der Waals surface area contributed by atoms with Crippen LogP contribution in [0.1, 0.15) is 43.2 Å². The van der Waals surface area contributed by atoms with E-state index < -0.39 is 0 Å². The van der Waals surface area contributed by atoms with Crippen molar-refractivity contribution in [1.29, 1.82) is 0 Å². The molecular weight excluding hydrogens is 302 g/mol. The molecular formula is C24H27N. The van der Waals surface area contributed by atoms with Crippen LogP contribution in [-0.2, 0) is 6.54 Å². The van der Waals surface area contributed by atoms with Gasteiger partial charge in [0, 0.05) is 18.6 Å². The Kier molecular flexibility index (Phi) is 5.13. The van der Waals surface area contributed by atoms with Crippen molar-refractivity contribution in [2.24, 2.45) is 0 Å². The van der Waals surface area contributed by atoms with Crippen molar-refractivity contribution in [3.8, 4) is 0 Å². The van der Waals surface area contributed by atoms with E-state index in [1.165, 1.54) is 36.8 Å². The average molecular weight is 329 g/mol. The van der Waals surface area contributed by atoms with E-state index >= 15 is 0 Å². The van der Waals surface area contributed by atoms with Crippen LogP contribution in [0.3, 0.4) is 0 Å². The van der Waals surface area contributed by atoms with Crippen LogP contribution in [-0.4, -0.2) is 17.0 Å². The molecule has 0 N–H and O–H groups in total. The second kappa shape index (κ2) is 7.84. The van der Waals surface area contributed by atoms with Gasteiger partial charge in [-0.3, -0.25) is 4.90 Å². The summed E-state index contributed by atoms with van der Waals surface area (Å²) in [6.07, 6.45) is 13.5. The Balaban J connectivity index is 1.43. The summed E-state index contributed by atoms with van der Waals surface area (Å²) in [5, 5.41) is 0. The molecule has 25 heavy (non-hydrogen) atoms. The van der Waals surface area contributed by atoms with Crippen LogP contribution in [0.5, 0.6) is 0 Å². The lowest BCUT2D eigenvalue weighted by Gasteiger charge is -2.45. The standard InChI is InChI=1S/C24H27N/c1-3-9-20(10-4-1)13-7-14-22-17-23-15-8-16-24(18-22)25(23)19-21-11-5-2-6-12-21/h1-7,9-13,17,23-24H,8,14-16,18-19H2/b13-7+. The van der Waals surface area contributed by atoms with Crippen molar-refractivity contribution in [2.45, 2.75) is 50.7 Å². The lowest BCUT2D eigenvalue weighted by atomic mass is 9.83. The molecule has 0 aromatic heterocycles. The van der Waals surface area contributed by atoms with Crippen molar-refractivity contribution in [3.63, 3.8) is 0 Å². The fraction of sp³-hybridized carbons (Fsp3) is 0.333. The van der Waals surface area contributed by atoms with Gasteiger partial charge < -0.3 is 0 Å². The van der Waals surface area contributed by atoms with Gasteiger partial charge in [0.05, 0.1) is 0 Å². The van der Waals surface area contributed by atoms with Crippen molar-refractivity contribution >= 4 is 6.08 Å². The average Bonchev–Trinajstić information content (AvgIpc) is 2.64. The van der Waals surface area contributed by atoms with Crippen molar-refractivity contribution in [2.75, 3.05) is 0 Å². The molecule has 1 nitrogen and oxygen atoms in total. The minimum Gasteiger partial charge on any atom is -0.289 e. The summed E-state index contributed by atoms with van der Waals surface area (Å²) in [6, 6.07) is 22.9. The minimum atomic E-state index is 0.632. The predicted molar refractivity (Wildman–Crippen MR) is 106 cm³/mol. The first-order chi connectivity index (χ1) is 12.4. The molecule has 2 bridgehead atoms. The Labute approximate surface area is 151 Å². The van der Waals surface area contributed by atoms with E-state index in [9.17, 15) is 0 Å². The fourth-order valence-electron chi connectivity index (χ4n) is 4.31. The molecule has 2 aromatic rings. The second-order valence-corrected chi connectivity index (χ2v) is 7.36. The monoisotopic (exact) mass is 329 g/mol. The number of piperidine rings is 1. The predicted octanol–water partition coefficient (Wildman–Crippen LogP) is 5.84. The normalized spacial score (nSPS) is 23.6. The number of allylic oxidation sites excluding steroid dienone is 1. The van der Waals surface area contributed by atoms with Crippen LogP contribution in [0, 0.1) is 0 Å². The Bertz CT molecular complexity index is 729. The summed E-state index contributed by atoms with van der Waals surface area (Å²) in [4.78, 5) is 2.74. The third kappa shape index (κ3) is 4.11. The van der Waals surface area contributed by atoms with Crippen LogP contribution in [0.25, 0.3) is 6.08 Å². The van der Waals surface area contributed by atoms with Gasteiger partial charge in [-0.05, 0) is 36.8 Å². The number of hydrogen-bond donors (Lipinski definition) is 0. The fourth-order valence-corrected chi connectivity index (χ4v) is 4.31. The number of hydrogen-bond acceptors (Lipinski definition) is 1. The van der Waals surface area contributed by atoms with Crippen LogP contribution in [0.2, 0.25) is 0 Å². The first kappa shape index (κ1) is 16.4. The van der Waals surface area contributed by atoms with Crippen LogP contribution in [0.4, 0.5) is 0 Å². The molecule has 128 valence electrons. The summed E-state index contributed by atoms with van der Waals surface area (Å²) in [6.45, 7) is 1.10. The van der Waals surface area contributed by atoms with Gasteiger partial charge in [0.25, 0.3) is 0 Å². The van der Waals surface area contributed by atoms with Gasteiger partial charge in [0.15, 0.2) is 0 Å². The largest absolute Gasteiger partial charge is 0.289 e. The zero-order chi connectivity index (χ0) is 16.9. The lowest BCUT2D eigenvalue weighted by Crippen LogP contribution is -2.47. The van der Waals surface area contributed by atoms with Crippen LogP contribution < -0.4 is 0 Å².